The summed E-state index contributed by atoms with van der Waals surface area (Å²) in [7, 11) is 0. The lowest BCUT2D eigenvalue weighted by molar-refractivity contribution is 0.0157. The highest BCUT2D eigenvalue weighted by molar-refractivity contribution is 6.30. The second kappa shape index (κ2) is 6.27. The molecular weight excluding hydrogens is 325 g/mol. The van der Waals surface area contributed by atoms with Gasteiger partial charge in [-0.05, 0) is 35.9 Å². The van der Waals surface area contributed by atoms with E-state index in [1.54, 1.807) is 12.1 Å². The third-order valence-electron chi connectivity index (χ3n) is 4.13. The number of halogens is 2. The molecule has 2 nitrogen and oxygen atoms in total. The molecule has 1 heterocycles. The fraction of sp³-hybridized carbons (Fsp3) is 0.100. The van der Waals surface area contributed by atoms with E-state index in [0.717, 1.165) is 22.4 Å². The number of hydrogen-bond donors (Lipinski definition) is 1. The summed E-state index contributed by atoms with van der Waals surface area (Å²) in [6.07, 6.45) is -0.597. The van der Waals surface area contributed by atoms with Gasteiger partial charge in [0, 0.05) is 21.8 Å². The van der Waals surface area contributed by atoms with Crippen molar-refractivity contribution in [2.75, 3.05) is 5.32 Å². The van der Waals surface area contributed by atoms with E-state index in [2.05, 4.69) is 5.32 Å². The third kappa shape index (κ3) is 2.88. The van der Waals surface area contributed by atoms with Crippen LogP contribution < -0.4 is 5.32 Å². The van der Waals surface area contributed by atoms with E-state index in [9.17, 15) is 4.39 Å². The Morgan fingerprint density at radius 3 is 2.38 bits per heavy atom. The number of hydrogen-bond acceptors (Lipinski definition) is 2. The van der Waals surface area contributed by atoms with Crippen LogP contribution in [0.1, 0.15) is 29.0 Å². The summed E-state index contributed by atoms with van der Waals surface area (Å²) in [6, 6.07) is 22.1. The van der Waals surface area contributed by atoms with E-state index in [0.29, 0.717) is 5.02 Å². The maximum Gasteiger partial charge on any atom is 0.155 e. The zero-order chi connectivity index (χ0) is 16.5. The first-order chi connectivity index (χ1) is 11.7. The predicted molar refractivity (Wildman–Crippen MR) is 93.6 cm³/mol. The minimum absolute atomic E-state index is 0.240. The zero-order valence-electron chi connectivity index (χ0n) is 12.7. The zero-order valence-corrected chi connectivity index (χ0v) is 13.5. The largest absolute Gasteiger partial charge is 0.356 e. The Balaban J connectivity index is 1.77. The molecule has 1 aliphatic heterocycles. The van der Waals surface area contributed by atoms with Gasteiger partial charge in [0.15, 0.2) is 6.23 Å². The van der Waals surface area contributed by atoms with Crippen LogP contribution in [0.4, 0.5) is 10.1 Å². The van der Waals surface area contributed by atoms with E-state index in [4.69, 9.17) is 16.3 Å². The van der Waals surface area contributed by atoms with E-state index in [-0.39, 0.29) is 18.1 Å². The predicted octanol–water partition coefficient (Wildman–Crippen LogP) is 5.71. The molecule has 0 saturated heterocycles. The Labute approximate surface area is 144 Å². The Morgan fingerprint density at radius 2 is 1.62 bits per heavy atom. The molecule has 0 spiro atoms. The number of benzene rings is 3. The Hall–Kier alpha value is -2.36. The first kappa shape index (κ1) is 15.2. The van der Waals surface area contributed by atoms with Crippen LogP contribution in [-0.2, 0) is 4.74 Å². The van der Waals surface area contributed by atoms with E-state index in [1.165, 1.54) is 12.1 Å². The summed E-state index contributed by atoms with van der Waals surface area (Å²) in [5.74, 6) is -0.263. The summed E-state index contributed by atoms with van der Waals surface area (Å²) >= 11 is 6.18. The van der Waals surface area contributed by atoms with Crippen LogP contribution in [0.2, 0.25) is 5.02 Å². The summed E-state index contributed by atoms with van der Waals surface area (Å²) in [5, 5.41) is 4.02. The van der Waals surface area contributed by atoms with Crippen LogP contribution in [0.15, 0.2) is 72.8 Å². The number of nitrogens with one attached hydrogen (secondary N) is 1. The van der Waals surface area contributed by atoms with Gasteiger partial charge in [-0.1, -0.05) is 54.1 Å². The molecule has 0 fully saturated rings. The minimum atomic E-state index is -0.357. The van der Waals surface area contributed by atoms with Gasteiger partial charge in [0.1, 0.15) is 11.9 Å². The molecule has 24 heavy (non-hydrogen) atoms. The molecule has 0 saturated carbocycles. The molecule has 2 atom stereocenters. The normalized spacial score (nSPS) is 19.4. The van der Waals surface area contributed by atoms with Gasteiger partial charge < -0.3 is 10.1 Å². The Morgan fingerprint density at radius 1 is 0.875 bits per heavy atom. The van der Waals surface area contributed by atoms with Crippen LogP contribution >= 0.6 is 11.6 Å². The maximum atomic E-state index is 13.2. The molecule has 4 rings (SSSR count). The molecule has 0 bridgehead atoms. The molecule has 0 radical (unpaired) electrons. The molecule has 3 aromatic carbocycles. The van der Waals surface area contributed by atoms with Crippen molar-refractivity contribution in [3.8, 4) is 0 Å². The lowest BCUT2D eigenvalue weighted by atomic mass is 9.97. The number of anilines is 1. The molecule has 0 aliphatic carbocycles. The van der Waals surface area contributed by atoms with Gasteiger partial charge in [-0.3, -0.25) is 0 Å². The molecule has 120 valence electrons. The van der Waals surface area contributed by atoms with Gasteiger partial charge in [0.2, 0.25) is 0 Å². The number of ether oxygens (including phenoxy) is 1. The number of fused-ring (bicyclic) bond motifs is 1. The molecular formula is C20H15ClFNO. The molecule has 0 aromatic heterocycles. The maximum absolute atomic E-state index is 13.2. The van der Waals surface area contributed by atoms with Crippen LogP contribution in [0.5, 0.6) is 0 Å². The first-order valence-electron chi connectivity index (χ1n) is 7.72. The van der Waals surface area contributed by atoms with Crippen molar-refractivity contribution >= 4 is 17.3 Å². The molecule has 1 N–H and O–H groups in total. The van der Waals surface area contributed by atoms with Crippen LogP contribution in [0.3, 0.4) is 0 Å². The highest BCUT2D eigenvalue weighted by Crippen LogP contribution is 2.42. The lowest BCUT2D eigenvalue weighted by Crippen LogP contribution is -2.25. The molecule has 3 aromatic rings. The van der Waals surface area contributed by atoms with Crippen molar-refractivity contribution in [2.45, 2.75) is 12.3 Å². The molecule has 0 amide bonds. The fourth-order valence-electron chi connectivity index (χ4n) is 2.95. The van der Waals surface area contributed by atoms with Gasteiger partial charge in [-0.2, -0.15) is 0 Å². The van der Waals surface area contributed by atoms with Crippen molar-refractivity contribution in [3.05, 3.63) is 100 Å². The highest BCUT2D eigenvalue weighted by Gasteiger charge is 2.29. The monoisotopic (exact) mass is 339 g/mol. The first-order valence-corrected chi connectivity index (χ1v) is 8.10. The summed E-state index contributed by atoms with van der Waals surface area (Å²) in [4.78, 5) is 0. The fourth-order valence-corrected chi connectivity index (χ4v) is 3.13. The van der Waals surface area contributed by atoms with E-state index in [1.807, 2.05) is 48.5 Å². The van der Waals surface area contributed by atoms with Gasteiger partial charge >= 0.3 is 0 Å². The summed E-state index contributed by atoms with van der Waals surface area (Å²) in [5.41, 5.74) is 3.88. The van der Waals surface area contributed by atoms with Crippen molar-refractivity contribution in [1.29, 1.82) is 0 Å². The second-order valence-corrected chi connectivity index (χ2v) is 6.17. The molecule has 1 aliphatic rings. The van der Waals surface area contributed by atoms with Crippen molar-refractivity contribution in [2.24, 2.45) is 0 Å². The average molecular weight is 340 g/mol. The van der Waals surface area contributed by atoms with Crippen LogP contribution in [0, 0.1) is 5.82 Å². The SMILES string of the molecule is Fc1ccc(C2Nc3ccc(Cl)cc3C(c3ccccc3)O2)cc1. The van der Waals surface area contributed by atoms with Crippen molar-refractivity contribution < 1.29 is 9.13 Å². The topological polar surface area (TPSA) is 21.3 Å². The van der Waals surface area contributed by atoms with Crippen LogP contribution in [0.25, 0.3) is 0 Å². The summed E-state index contributed by atoms with van der Waals surface area (Å²) < 4.78 is 19.5. The second-order valence-electron chi connectivity index (χ2n) is 5.73. The van der Waals surface area contributed by atoms with Gasteiger partial charge in [-0.15, -0.1) is 0 Å². The lowest BCUT2D eigenvalue weighted by Gasteiger charge is -2.34. The van der Waals surface area contributed by atoms with Crippen molar-refractivity contribution in [3.63, 3.8) is 0 Å². The smallest absolute Gasteiger partial charge is 0.155 e. The van der Waals surface area contributed by atoms with Gasteiger partial charge in [0.05, 0.1) is 0 Å². The summed E-state index contributed by atoms with van der Waals surface area (Å²) in [6.45, 7) is 0. The highest BCUT2D eigenvalue weighted by atomic mass is 35.5. The van der Waals surface area contributed by atoms with Crippen LogP contribution in [-0.4, -0.2) is 0 Å². The Kier molecular flexibility index (Phi) is 3.97. The van der Waals surface area contributed by atoms with Crippen molar-refractivity contribution in [1.82, 2.24) is 0 Å². The average Bonchev–Trinajstić information content (AvgIpc) is 2.62. The molecule has 2 unspecified atom stereocenters. The molecule has 4 heteroatoms. The van der Waals surface area contributed by atoms with E-state index >= 15 is 0 Å². The third-order valence-corrected chi connectivity index (χ3v) is 4.37. The standard InChI is InChI=1S/C20H15ClFNO/c21-15-8-11-18-17(12-15)19(13-4-2-1-3-5-13)24-20(23-18)14-6-9-16(22)10-7-14/h1-12,19-20,23H. The van der Waals surface area contributed by atoms with E-state index < -0.39 is 0 Å². The quantitative estimate of drug-likeness (QED) is 0.645. The minimum Gasteiger partial charge on any atom is -0.356 e. The van der Waals surface area contributed by atoms with Gasteiger partial charge in [-0.25, -0.2) is 4.39 Å². The van der Waals surface area contributed by atoms with Gasteiger partial charge in [0.25, 0.3) is 0 Å². The number of rotatable bonds is 2. The Bertz CT molecular complexity index is 851.